The Morgan fingerprint density at radius 3 is 2.71 bits per heavy atom. The minimum Gasteiger partial charge on any atom is -0.465 e. The average Bonchev–Trinajstić information content (AvgIpc) is 3.22. The number of esters is 1. The van der Waals surface area contributed by atoms with Crippen molar-refractivity contribution in [3.8, 4) is 11.5 Å². The van der Waals surface area contributed by atoms with Crippen molar-refractivity contribution in [3.05, 3.63) is 65.0 Å². The fourth-order valence-corrected chi connectivity index (χ4v) is 3.24. The van der Waals surface area contributed by atoms with Gasteiger partial charge in [-0.1, -0.05) is 36.7 Å². The Labute approximate surface area is 185 Å². The molecule has 1 aromatic heterocycles. The summed E-state index contributed by atoms with van der Waals surface area (Å²) >= 11 is 6.19. The smallest absolute Gasteiger partial charge is 0.337 e. The number of carbonyl (C=O) groups excluding carboxylic acids is 2. The fourth-order valence-electron chi connectivity index (χ4n) is 3.03. The quantitative estimate of drug-likeness (QED) is 0.499. The molecule has 0 atom stereocenters. The van der Waals surface area contributed by atoms with E-state index in [2.05, 4.69) is 15.5 Å². The Balaban J connectivity index is 1.64. The number of nitrogens with one attached hydrogen (secondary N) is 1. The highest BCUT2D eigenvalue weighted by molar-refractivity contribution is 6.33. The van der Waals surface area contributed by atoms with Crippen molar-refractivity contribution in [1.29, 1.82) is 0 Å². The Kier molecular flexibility index (Phi) is 7.75. The van der Waals surface area contributed by atoms with Gasteiger partial charge in [-0.25, -0.2) is 4.79 Å². The third kappa shape index (κ3) is 6.13. The predicted molar refractivity (Wildman–Crippen MR) is 117 cm³/mol. The van der Waals surface area contributed by atoms with Crippen molar-refractivity contribution in [2.75, 3.05) is 25.5 Å². The molecule has 1 amide bonds. The third-order valence-electron chi connectivity index (χ3n) is 4.40. The zero-order valence-electron chi connectivity index (χ0n) is 17.3. The van der Waals surface area contributed by atoms with Gasteiger partial charge in [-0.2, -0.15) is 0 Å². The maximum atomic E-state index is 12.6. The Hall–Kier alpha value is -3.23. The SMILES string of the molecule is CCCN(CC(=O)Nc1cccc(C(=O)OC)c1)Cc1nnc(-c2ccccc2Cl)o1. The molecule has 1 heterocycles. The molecule has 31 heavy (non-hydrogen) atoms. The van der Waals surface area contributed by atoms with E-state index in [9.17, 15) is 9.59 Å². The number of methoxy groups -OCH3 is 1. The van der Waals surface area contributed by atoms with E-state index >= 15 is 0 Å². The standard InChI is InChI=1S/C22H23ClN4O4/c1-3-11-27(13-19(28)24-16-8-6-7-15(12-16)22(29)30-2)14-20-25-26-21(31-20)17-9-4-5-10-18(17)23/h4-10,12H,3,11,13-14H2,1-2H3,(H,24,28). The van der Waals surface area contributed by atoms with Gasteiger partial charge in [0.15, 0.2) is 0 Å². The average molecular weight is 443 g/mol. The molecule has 0 saturated carbocycles. The van der Waals surface area contributed by atoms with Crippen molar-refractivity contribution in [1.82, 2.24) is 15.1 Å². The van der Waals surface area contributed by atoms with Gasteiger partial charge in [0.05, 0.1) is 36.3 Å². The lowest BCUT2D eigenvalue weighted by molar-refractivity contribution is -0.117. The van der Waals surface area contributed by atoms with Crippen LogP contribution in [0.1, 0.15) is 29.6 Å². The highest BCUT2D eigenvalue weighted by Gasteiger charge is 2.17. The second kappa shape index (κ2) is 10.7. The summed E-state index contributed by atoms with van der Waals surface area (Å²) in [5.74, 6) is 0.0423. The van der Waals surface area contributed by atoms with Gasteiger partial charge in [0.1, 0.15) is 0 Å². The first-order valence-electron chi connectivity index (χ1n) is 9.78. The molecule has 1 N–H and O–H groups in total. The van der Waals surface area contributed by atoms with Crippen LogP contribution < -0.4 is 5.32 Å². The third-order valence-corrected chi connectivity index (χ3v) is 4.73. The topological polar surface area (TPSA) is 97.6 Å². The van der Waals surface area contributed by atoms with Crippen LogP contribution in [0.4, 0.5) is 5.69 Å². The molecular weight excluding hydrogens is 420 g/mol. The lowest BCUT2D eigenvalue weighted by Gasteiger charge is -2.19. The maximum Gasteiger partial charge on any atom is 0.337 e. The van der Waals surface area contributed by atoms with Gasteiger partial charge in [0, 0.05) is 5.69 Å². The summed E-state index contributed by atoms with van der Waals surface area (Å²) in [6.45, 7) is 3.13. The first-order valence-corrected chi connectivity index (χ1v) is 10.2. The molecule has 0 radical (unpaired) electrons. The Morgan fingerprint density at radius 2 is 1.97 bits per heavy atom. The largest absolute Gasteiger partial charge is 0.465 e. The molecule has 0 saturated heterocycles. The summed E-state index contributed by atoms with van der Waals surface area (Å²) in [6.07, 6.45) is 0.844. The number of anilines is 1. The van der Waals surface area contributed by atoms with Gasteiger partial charge in [0.25, 0.3) is 0 Å². The Morgan fingerprint density at radius 1 is 1.16 bits per heavy atom. The number of nitrogens with zero attached hydrogens (tertiary/aromatic N) is 3. The molecule has 3 aromatic rings. The van der Waals surface area contributed by atoms with E-state index in [0.29, 0.717) is 46.7 Å². The molecule has 0 aliphatic carbocycles. The summed E-state index contributed by atoms with van der Waals surface area (Å²) in [7, 11) is 1.31. The molecule has 162 valence electrons. The van der Waals surface area contributed by atoms with E-state index in [0.717, 1.165) is 6.42 Å². The summed E-state index contributed by atoms with van der Waals surface area (Å²) in [4.78, 5) is 26.1. The number of hydrogen-bond donors (Lipinski definition) is 1. The van der Waals surface area contributed by atoms with E-state index in [1.54, 1.807) is 36.4 Å². The molecule has 9 heteroatoms. The van der Waals surface area contributed by atoms with Crippen LogP contribution in [-0.2, 0) is 16.1 Å². The van der Waals surface area contributed by atoms with Crippen LogP contribution in [-0.4, -0.2) is 47.2 Å². The number of amides is 1. The normalized spacial score (nSPS) is 10.8. The fraction of sp³-hybridized carbons (Fsp3) is 0.273. The second-order valence-corrected chi connectivity index (χ2v) is 7.22. The van der Waals surface area contributed by atoms with Gasteiger partial charge in [-0.3, -0.25) is 9.69 Å². The van der Waals surface area contributed by atoms with E-state index in [-0.39, 0.29) is 12.5 Å². The van der Waals surface area contributed by atoms with Crippen molar-refractivity contribution >= 4 is 29.2 Å². The van der Waals surface area contributed by atoms with Crippen LogP contribution in [0.25, 0.3) is 11.5 Å². The monoisotopic (exact) mass is 442 g/mol. The van der Waals surface area contributed by atoms with Gasteiger partial charge in [-0.15, -0.1) is 10.2 Å². The van der Waals surface area contributed by atoms with E-state index in [1.165, 1.54) is 7.11 Å². The number of carbonyl (C=O) groups is 2. The highest BCUT2D eigenvalue weighted by Crippen LogP contribution is 2.26. The van der Waals surface area contributed by atoms with E-state index < -0.39 is 5.97 Å². The van der Waals surface area contributed by atoms with Gasteiger partial charge in [0.2, 0.25) is 17.7 Å². The summed E-state index contributed by atoms with van der Waals surface area (Å²) < 4.78 is 10.5. The van der Waals surface area contributed by atoms with Gasteiger partial charge >= 0.3 is 5.97 Å². The molecule has 2 aromatic carbocycles. The second-order valence-electron chi connectivity index (χ2n) is 6.81. The van der Waals surface area contributed by atoms with E-state index in [1.807, 2.05) is 24.0 Å². The van der Waals surface area contributed by atoms with Crippen LogP contribution in [0.5, 0.6) is 0 Å². The molecule has 8 nitrogen and oxygen atoms in total. The molecule has 0 aliphatic heterocycles. The summed E-state index contributed by atoms with van der Waals surface area (Å²) in [5.41, 5.74) is 1.54. The minimum atomic E-state index is -0.463. The molecule has 0 spiro atoms. The number of ether oxygens (including phenoxy) is 1. The van der Waals surface area contributed by atoms with E-state index in [4.69, 9.17) is 20.8 Å². The van der Waals surface area contributed by atoms with Crippen molar-refractivity contribution < 1.29 is 18.7 Å². The van der Waals surface area contributed by atoms with Crippen molar-refractivity contribution in [2.45, 2.75) is 19.9 Å². The number of rotatable bonds is 9. The maximum absolute atomic E-state index is 12.6. The van der Waals surface area contributed by atoms with Crippen LogP contribution >= 0.6 is 11.6 Å². The molecule has 0 aliphatic rings. The van der Waals surface area contributed by atoms with Crippen molar-refractivity contribution in [3.63, 3.8) is 0 Å². The molecule has 0 unspecified atom stereocenters. The number of halogens is 1. The molecular formula is C22H23ClN4O4. The summed E-state index contributed by atoms with van der Waals surface area (Å²) in [5, 5.41) is 11.5. The van der Waals surface area contributed by atoms with Crippen LogP contribution in [0.15, 0.2) is 52.9 Å². The first kappa shape index (κ1) is 22.5. The molecule has 0 bridgehead atoms. The highest BCUT2D eigenvalue weighted by atomic mass is 35.5. The predicted octanol–water partition coefficient (Wildman–Crippen LogP) is 4.03. The van der Waals surface area contributed by atoms with Gasteiger partial charge < -0.3 is 14.5 Å². The first-order chi connectivity index (χ1) is 15.0. The molecule has 3 rings (SSSR count). The minimum absolute atomic E-state index is 0.125. The molecule has 0 fully saturated rings. The summed E-state index contributed by atoms with van der Waals surface area (Å²) in [6, 6.07) is 13.8. The van der Waals surface area contributed by atoms with Gasteiger partial charge in [-0.05, 0) is 43.3 Å². The zero-order valence-corrected chi connectivity index (χ0v) is 18.1. The van der Waals surface area contributed by atoms with Crippen molar-refractivity contribution in [2.24, 2.45) is 0 Å². The number of benzene rings is 2. The number of aromatic nitrogens is 2. The zero-order chi connectivity index (χ0) is 22.2. The van der Waals surface area contributed by atoms with Crippen LogP contribution in [0.2, 0.25) is 5.02 Å². The van der Waals surface area contributed by atoms with Crippen LogP contribution in [0.3, 0.4) is 0 Å². The lowest BCUT2D eigenvalue weighted by atomic mass is 10.2. The number of hydrogen-bond acceptors (Lipinski definition) is 7. The van der Waals surface area contributed by atoms with Crippen LogP contribution in [0, 0.1) is 0 Å². The Bertz CT molecular complexity index is 1050. The lowest BCUT2D eigenvalue weighted by Crippen LogP contribution is -2.33.